The Morgan fingerprint density at radius 2 is 1.65 bits per heavy atom. The van der Waals surface area contributed by atoms with Gasteiger partial charge < -0.3 is 19.7 Å². The molecule has 140 valence electrons. The second kappa shape index (κ2) is 10.4. The molecule has 1 aliphatic rings. The molecule has 2 N–H and O–H groups in total. The van der Waals surface area contributed by atoms with Gasteiger partial charge in [0, 0.05) is 25.0 Å². The van der Waals surface area contributed by atoms with Crippen LogP contribution in [-0.4, -0.2) is 66.5 Å². The van der Waals surface area contributed by atoms with Gasteiger partial charge in [0.05, 0.1) is 19.8 Å². The molecule has 26 heavy (non-hydrogen) atoms. The molecule has 7 nitrogen and oxygen atoms in total. The highest BCUT2D eigenvalue weighted by atomic mass is 16.5. The Balaban J connectivity index is 0.000000352. The predicted octanol–water partition coefficient (Wildman–Crippen LogP) is 2.10. The summed E-state index contributed by atoms with van der Waals surface area (Å²) in [5.41, 5.74) is 0. The smallest absolute Gasteiger partial charge is 0.414 e. The van der Waals surface area contributed by atoms with Crippen LogP contribution in [0.5, 0.6) is 5.75 Å². The van der Waals surface area contributed by atoms with Crippen molar-refractivity contribution in [2.75, 3.05) is 39.5 Å². The minimum atomic E-state index is -1.82. The van der Waals surface area contributed by atoms with Crippen molar-refractivity contribution >= 4 is 22.7 Å². The van der Waals surface area contributed by atoms with Gasteiger partial charge in [0.1, 0.15) is 5.75 Å². The summed E-state index contributed by atoms with van der Waals surface area (Å²) in [6, 6.07) is 14.6. The highest BCUT2D eigenvalue weighted by Gasteiger charge is 2.09. The van der Waals surface area contributed by atoms with E-state index >= 15 is 0 Å². The number of rotatable bonds is 5. The molecule has 0 radical (unpaired) electrons. The first kappa shape index (κ1) is 19.7. The molecular weight excluding hydrogens is 338 g/mol. The predicted molar refractivity (Wildman–Crippen MR) is 96.6 cm³/mol. The number of aliphatic carboxylic acids is 2. The largest absolute Gasteiger partial charge is 0.493 e. The van der Waals surface area contributed by atoms with Gasteiger partial charge in [-0.3, -0.25) is 4.90 Å². The zero-order valence-electron chi connectivity index (χ0n) is 14.5. The summed E-state index contributed by atoms with van der Waals surface area (Å²) < 4.78 is 11.3. The molecule has 1 saturated heterocycles. The summed E-state index contributed by atoms with van der Waals surface area (Å²) in [7, 11) is 0. The normalized spacial score (nSPS) is 14.3. The van der Waals surface area contributed by atoms with Crippen LogP contribution in [0, 0.1) is 0 Å². The summed E-state index contributed by atoms with van der Waals surface area (Å²) in [5, 5.41) is 17.2. The van der Waals surface area contributed by atoms with Crippen LogP contribution in [0.2, 0.25) is 0 Å². The minimum Gasteiger partial charge on any atom is -0.493 e. The number of hydrogen-bond acceptors (Lipinski definition) is 5. The van der Waals surface area contributed by atoms with E-state index in [4.69, 9.17) is 29.3 Å². The Kier molecular flexibility index (Phi) is 7.85. The van der Waals surface area contributed by atoms with Gasteiger partial charge in [-0.05, 0) is 17.9 Å². The van der Waals surface area contributed by atoms with Gasteiger partial charge in [0.2, 0.25) is 0 Å². The van der Waals surface area contributed by atoms with Gasteiger partial charge in [-0.1, -0.05) is 36.4 Å². The first-order valence-corrected chi connectivity index (χ1v) is 8.45. The molecule has 3 rings (SSSR count). The number of nitrogens with zero attached hydrogens (tertiary/aromatic N) is 1. The molecule has 0 bridgehead atoms. The summed E-state index contributed by atoms with van der Waals surface area (Å²) in [6.45, 7) is 5.69. The third-order valence-corrected chi connectivity index (χ3v) is 3.91. The van der Waals surface area contributed by atoms with Crippen LogP contribution in [0.25, 0.3) is 10.8 Å². The van der Waals surface area contributed by atoms with E-state index in [2.05, 4.69) is 47.4 Å². The van der Waals surface area contributed by atoms with E-state index in [-0.39, 0.29) is 0 Å². The monoisotopic (exact) mass is 361 g/mol. The van der Waals surface area contributed by atoms with Crippen molar-refractivity contribution in [2.24, 2.45) is 0 Å². The van der Waals surface area contributed by atoms with Gasteiger partial charge in [0.25, 0.3) is 0 Å². The molecule has 7 heteroatoms. The molecular formula is C19H23NO6. The zero-order chi connectivity index (χ0) is 18.8. The minimum absolute atomic E-state index is 0.769. The van der Waals surface area contributed by atoms with E-state index in [1.54, 1.807) is 0 Å². The lowest BCUT2D eigenvalue weighted by atomic mass is 10.1. The lowest BCUT2D eigenvalue weighted by Crippen LogP contribution is -2.37. The zero-order valence-corrected chi connectivity index (χ0v) is 14.5. The van der Waals surface area contributed by atoms with E-state index in [1.165, 1.54) is 10.8 Å². The van der Waals surface area contributed by atoms with E-state index < -0.39 is 11.9 Å². The Hall–Kier alpha value is -2.64. The molecule has 0 amide bonds. The summed E-state index contributed by atoms with van der Waals surface area (Å²) in [4.78, 5) is 20.6. The van der Waals surface area contributed by atoms with Crippen LogP contribution >= 0.6 is 0 Å². The van der Waals surface area contributed by atoms with Crippen LogP contribution in [0.15, 0.2) is 42.5 Å². The molecule has 1 fully saturated rings. The topological polar surface area (TPSA) is 96.3 Å². The Morgan fingerprint density at radius 3 is 2.35 bits per heavy atom. The number of carboxylic acid groups (broad SMARTS) is 2. The number of fused-ring (bicyclic) bond motifs is 1. The van der Waals surface area contributed by atoms with Crippen molar-refractivity contribution in [3.8, 4) is 5.75 Å². The van der Waals surface area contributed by atoms with Crippen molar-refractivity contribution in [1.29, 1.82) is 0 Å². The molecule has 0 unspecified atom stereocenters. The van der Waals surface area contributed by atoms with Gasteiger partial charge in [-0.25, -0.2) is 9.59 Å². The molecule has 2 aromatic carbocycles. The first-order valence-electron chi connectivity index (χ1n) is 8.45. The quantitative estimate of drug-likeness (QED) is 0.622. The van der Waals surface area contributed by atoms with E-state index in [9.17, 15) is 0 Å². The Morgan fingerprint density at radius 1 is 1.00 bits per heavy atom. The van der Waals surface area contributed by atoms with Crippen LogP contribution in [0.4, 0.5) is 0 Å². The van der Waals surface area contributed by atoms with Crippen molar-refractivity contribution in [2.45, 2.75) is 6.42 Å². The molecule has 0 aromatic heterocycles. The maximum absolute atomic E-state index is 9.10. The van der Waals surface area contributed by atoms with Crippen LogP contribution in [0.3, 0.4) is 0 Å². The SMILES string of the molecule is O=C(O)C(=O)O.c1ccc2c(OCCCN3CCOCC3)cccc2c1. The molecule has 1 aliphatic heterocycles. The van der Waals surface area contributed by atoms with Crippen molar-refractivity contribution in [3.63, 3.8) is 0 Å². The van der Waals surface area contributed by atoms with Crippen LogP contribution in [0.1, 0.15) is 6.42 Å². The standard InChI is InChI=1S/C17H21NO2.C2H2O4/c1-2-7-16-15(5-1)6-3-8-17(16)20-12-4-9-18-10-13-19-14-11-18;3-1(4)2(5)6/h1-3,5-8H,4,9-14H2;(H,3,4)(H,5,6). The van der Waals surface area contributed by atoms with E-state index in [0.717, 1.165) is 51.6 Å². The summed E-state index contributed by atoms with van der Waals surface area (Å²) in [5.74, 6) is -2.66. The van der Waals surface area contributed by atoms with Gasteiger partial charge in [-0.15, -0.1) is 0 Å². The van der Waals surface area contributed by atoms with Crippen molar-refractivity contribution in [1.82, 2.24) is 4.90 Å². The van der Waals surface area contributed by atoms with Crippen molar-refractivity contribution in [3.05, 3.63) is 42.5 Å². The van der Waals surface area contributed by atoms with E-state index in [0.29, 0.717) is 0 Å². The number of carboxylic acids is 2. The molecule has 1 heterocycles. The third kappa shape index (κ3) is 6.34. The number of hydrogen-bond donors (Lipinski definition) is 2. The fraction of sp³-hybridized carbons (Fsp3) is 0.368. The Bertz CT molecular complexity index is 710. The number of morpholine rings is 1. The average Bonchev–Trinajstić information content (AvgIpc) is 2.66. The molecule has 2 aromatic rings. The fourth-order valence-corrected chi connectivity index (χ4v) is 2.62. The highest BCUT2D eigenvalue weighted by Crippen LogP contribution is 2.25. The second-order valence-electron chi connectivity index (χ2n) is 5.74. The van der Waals surface area contributed by atoms with Gasteiger partial charge in [0.15, 0.2) is 0 Å². The van der Waals surface area contributed by atoms with Crippen LogP contribution < -0.4 is 4.74 Å². The molecule has 0 aliphatic carbocycles. The van der Waals surface area contributed by atoms with E-state index in [1.807, 2.05) is 0 Å². The molecule has 0 spiro atoms. The second-order valence-corrected chi connectivity index (χ2v) is 5.74. The van der Waals surface area contributed by atoms with Gasteiger partial charge >= 0.3 is 11.9 Å². The highest BCUT2D eigenvalue weighted by molar-refractivity contribution is 6.27. The number of benzene rings is 2. The van der Waals surface area contributed by atoms with Crippen molar-refractivity contribution < 1.29 is 29.3 Å². The summed E-state index contributed by atoms with van der Waals surface area (Å²) >= 11 is 0. The lowest BCUT2D eigenvalue weighted by Gasteiger charge is -2.26. The molecule has 0 saturated carbocycles. The summed E-state index contributed by atoms with van der Waals surface area (Å²) in [6.07, 6.45) is 1.06. The van der Waals surface area contributed by atoms with Crippen LogP contribution in [-0.2, 0) is 14.3 Å². The number of carbonyl (C=O) groups is 2. The average molecular weight is 361 g/mol. The lowest BCUT2D eigenvalue weighted by molar-refractivity contribution is -0.159. The Labute approximate surface area is 151 Å². The van der Waals surface area contributed by atoms with Gasteiger partial charge in [-0.2, -0.15) is 0 Å². The maximum atomic E-state index is 9.10. The fourth-order valence-electron chi connectivity index (χ4n) is 2.62. The third-order valence-electron chi connectivity index (χ3n) is 3.91. The molecule has 0 atom stereocenters. The first-order chi connectivity index (χ1) is 12.6. The maximum Gasteiger partial charge on any atom is 0.414 e. The number of ether oxygens (including phenoxy) is 2.